The Labute approximate surface area is 650 Å². The maximum atomic E-state index is 13.0. The molecule has 36 heteroatoms. The molecule has 0 spiro atoms. The summed E-state index contributed by atoms with van der Waals surface area (Å²) in [5.74, 6) is -1.17. The number of pyridine rings is 7. The third kappa shape index (κ3) is 23.8. The number of hydrogen-bond acceptors (Lipinski definition) is 30. The Balaban J connectivity index is 0.000000156. The number of sulfone groups is 2. The van der Waals surface area contributed by atoms with Crippen LogP contribution in [0.15, 0.2) is 175 Å². The summed E-state index contributed by atoms with van der Waals surface area (Å²) in [6.07, 6.45) is 30.2. The van der Waals surface area contributed by atoms with Crippen molar-refractivity contribution in [3.63, 3.8) is 0 Å². The van der Waals surface area contributed by atoms with Crippen LogP contribution in [0.4, 0.5) is 13.2 Å². The van der Waals surface area contributed by atoms with Crippen molar-refractivity contribution in [3.05, 3.63) is 211 Å². The highest BCUT2D eigenvalue weighted by Gasteiger charge is 2.21. The van der Waals surface area contributed by atoms with E-state index in [1.165, 1.54) is 92.6 Å². The topological polar surface area (TPSA) is 284 Å². The van der Waals surface area contributed by atoms with Crippen molar-refractivity contribution in [3.8, 4) is 84.1 Å². The molecule has 0 saturated carbocycles. The number of ether oxygens (including phenoxy) is 2. The Hall–Kier alpha value is -8.40. The highest BCUT2D eigenvalue weighted by atomic mass is 32.2. The summed E-state index contributed by atoms with van der Waals surface area (Å²) in [7, 11) is -4.18. The molecule has 0 radical (unpaired) electrons. The van der Waals surface area contributed by atoms with Gasteiger partial charge in [-0.25, -0.2) is 64.9 Å². The standard InChI is InChI=1S/C10H9FN2O2S2.C10H9FN2OS.C10H9FN2S2.C10H10N2O2S2.C10H10N2OS2.C10H10N2OS.C10H10N2S2/c1-6-10(17(2,14)15)16-9(13-6)7-3-8(11)5-12-4-7;2*1-6-10(14-2)15-9(13-6)7-3-8(11)5-12-4-7;1-7-10(16(2,13)14)15-9(12-7)8-4-3-5-11-6-8;1-7-10(15(2)13)14-9(12-7)8-4-3-5-11-6-8;2*1-7-10(13-2)14-9(12-7)8-4-3-5-11-6-8/h3-5H,1-2H3;2*3-5H,1-2H3;3-6H,1-2H3;3-6H,1-2H3;2*3-6H,1-2H3. The fourth-order valence-corrected chi connectivity index (χ4v) is 20.3. The first-order valence-corrected chi connectivity index (χ1v) is 44.2. The van der Waals surface area contributed by atoms with Crippen LogP contribution < -0.4 is 9.47 Å². The van der Waals surface area contributed by atoms with Gasteiger partial charge < -0.3 is 9.47 Å². The largest absolute Gasteiger partial charge is 0.486 e. The van der Waals surface area contributed by atoms with Crippen LogP contribution >= 0.6 is 103 Å². The number of thiazole rings is 7. The summed E-state index contributed by atoms with van der Waals surface area (Å²) in [4.78, 5) is 57.8. The molecule has 0 aliphatic carbocycles. The fourth-order valence-electron chi connectivity index (χ4n) is 8.80. The first kappa shape index (κ1) is 83.2. The highest BCUT2D eigenvalue weighted by molar-refractivity contribution is 8.00. The van der Waals surface area contributed by atoms with E-state index >= 15 is 0 Å². The molecule has 0 fully saturated rings. The first-order valence-electron chi connectivity index (χ1n) is 30.7. The predicted molar refractivity (Wildman–Crippen MR) is 426 cm³/mol. The minimum absolute atomic E-state index is 0.205. The second-order valence-electron chi connectivity index (χ2n) is 21.7. The molecule has 14 rings (SSSR count). The Kier molecular flexibility index (Phi) is 31.0. The molecule has 1 unspecified atom stereocenters. The lowest BCUT2D eigenvalue weighted by molar-refractivity contribution is 0.423. The van der Waals surface area contributed by atoms with E-state index in [-0.39, 0.29) is 15.8 Å². The number of aryl methyl sites for hydroxylation is 7. The van der Waals surface area contributed by atoms with E-state index in [2.05, 4.69) is 76.0 Å². The molecule has 21 nitrogen and oxygen atoms in total. The van der Waals surface area contributed by atoms with Gasteiger partial charge in [0.25, 0.3) is 0 Å². The molecular weight excluding hydrogens is 1590 g/mol. The Morgan fingerprint density at radius 1 is 0.368 bits per heavy atom. The molecular formula is C70H67F3N14O7S12. The van der Waals surface area contributed by atoms with Crippen LogP contribution in [0, 0.1) is 65.9 Å². The van der Waals surface area contributed by atoms with Crippen molar-refractivity contribution in [2.24, 2.45) is 0 Å². The van der Waals surface area contributed by atoms with E-state index in [1.54, 1.807) is 142 Å². The van der Waals surface area contributed by atoms with Gasteiger partial charge in [0, 0.05) is 126 Å². The normalized spacial score (nSPS) is 11.1. The second-order valence-corrected chi connectivity index (χ2v) is 36.8. The lowest BCUT2D eigenvalue weighted by atomic mass is 10.3. The van der Waals surface area contributed by atoms with Gasteiger partial charge in [-0.2, -0.15) is 0 Å². The molecule has 0 amide bonds. The zero-order chi connectivity index (χ0) is 76.8. The van der Waals surface area contributed by atoms with Crippen LogP contribution in [0.1, 0.15) is 39.9 Å². The van der Waals surface area contributed by atoms with Crippen LogP contribution in [0.3, 0.4) is 0 Å². The monoisotopic (exact) mass is 1660 g/mol. The smallest absolute Gasteiger partial charge is 0.197 e. The van der Waals surface area contributed by atoms with E-state index < -0.39 is 36.3 Å². The van der Waals surface area contributed by atoms with Crippen molar-refractivity contribution >= 4 is 133 Å². The van der Waals surface area contributed by atoms with E-state index in [9.17, 15) is 34.2 Å². The Bertz CT molecular complexity index is 5280. The lowest BCUT2D eigenvalue weighted by Gasteiger charge is -1.94. The average molecular weight is 1660 g/mol. The van der Waals surface area contributed by atoms with Gasteiger partial charge in [0.05, 0.1) is 91.9 Å². The minimum atomic E-state index is -3.29. The first-order chi connectivity index (χ1) is 50.6. The van der Waals surface area contributed by atoms with E-state index in [1.807, 2.05) is 89.5 Å². The Morgan fingerprint density at radius 2 is 0.642 bits per heavy atom. The fraction of sp³-hybridized carbons (Fsp3) is 0.200. The van der Waals surface area contributed by atoms with Gasteiger partial charge >= 0.3 is 0 Å². The molecule has 0 N–H and O–H groups in total. The third-order valence-electron chi connectivity index (χ3n) is 13.4. The van der Waals surface area contributed by atoms with Crippen molar-refractivity contribution in [2.75, 3.05) is 45.5 Å². The number of methoxy groups -OCH3 is 2. The molecule has 106 heavy (non-hydrogen) atoms. The van der Waals surface area contributed by atoms with Crippen LogP contribution in [0.25, 0.3) is 74.0 Å². The number of aromatic nitrogens is 14. The Morgan fingerprint density at radius 3 is 0.906 bits per heavy atom. The summed E-state index contributed by atoms with van der Waals surface area (Å²) in [6.45, 7) is 13.0. The molecule has 1 atom stereocenters. The molecule has 14 aromatic heterocycles. The predicted octanol–water partition coefficient (Wildman–Crippen LogP) is 18.0. The van der Waals surface area contributed by atoms with Crippen molar-refractivity contribution in [1.29, 1.82) is 0 Å². The molecule has 14 heterocycles. The zero-order valence-corrected chi connectivity index (χ0v) is 68.9. The summed E-state index contributed by atoms with van der Waals surface area (Å²) in [5, 5.41) is 7.18. The lowest BCUT2D eigenvalue weighted by Crippen LogP contribution is -1.95. The molecule has 552 valence electrons. The summed E-state index contributed by atoms with van der Waals surface area (Å²) in [6, 6.07) is 19.5. The maximum Gasteiger partial charge on any atom is 0.197 e. The molecule has 0 aliphatic heterocycles. The van der Waals surface area contributed by atoms with Crippen molar-refractivity contribution in [2.45, 2.75) is 69.5 Å². The van der Waals surface area contributed by atoms with E-state index in [4.69, 9.17) is 9.47 Å². The molecule has 14 aromatic rings. The molecule has 0 saturated heterocycles. The maximum absolute atomic E-state index is 13.0. The number of thioether (sulfide) groups is 2. The van der Waals surface area contributed by atoms with E-state index in [0.717, 1.165) is 124 Å². The molecule has 0 aliphatic rings. The van der Waals surface area contributed by atoms with Gasteiger partial charge in [-0.1, -0.05) is 22.7 Å². The van der Waals surface area contributed by atoms with Crippen LogP contribution in [-0.4, -0.2) is 136 Å². The quantitative estimate of drug-likeness (QED) is 0.0914. The second kappa shape index (κ2) is 39.4. The molecule has 0 bridgehead atoms. The third-order valence-corrected chi connectivity index (χ3v) is 29.6. The number of halogens is 3. The van der Waals surface area contributed by atoms with Crippen LogP contribution in [-0.2, 0) is 30.5 Å². The van der Waals surface area contributed by atoms with Crippen LogP contribution in [0.5, 0.6) is 10.1 Å². The summed E-state index contributed by atoms with van der Waals surface area (Å²) < 4.78 is 110. The van der Waals surface area contributed by atoms with Gasteiger partial charge in [-0.3, -0.25) is 39.1 Å². The minimum Gasteiger partial charge on any atom is -0.486 e. The summed E-state index contributed by atoms with van der Waals surface area (Å²) >= 11 is 13.3. The average Bonchev–Trinajstić information content (AvgIpc) is 1.68. The van der Waals surface area contributed by atoms with Crippen LogP contribution in [0.2, 0.25) is 0 Å². The SMILES string of the molecule is COc1sc(-c2cccnc2)nc1C.COc1sc(-c2cncc(F)c2)nc1C.CSc1sc(-c2cccnc2)nc1C.CSc1sc(-c2cncc(F)c2)nc1C.Cc1nc(-c2cccnc2)sc1S(C)(=O)=O.Cc1nc(-c2cccnc2)sc1S(C)=O.Cc1nc(-c2cncc(F)c2)sc1S(C)(=O)=O. The number of rotatable bonds is 14. The summed E-state index contributed by atoms with van der Waals surface area (Å²) in [5.41, 5.74) is 11.5. The zero-order valence-electron chi connectivity index (χ0n) is 59.1. The van der Waals surface area contributed by atoms with Gasteiger partial charge in [-0.15, -0.1) is 80.2 Å². The van der Waals surface area contributed by atoms with Gasteiger partial charge in [0.1, 0.15) is 65.1 Å². The molecule has 0 aromatic carbocycles. The van der Waals surface area contributed by atoms with Crippen molar-refractivity contribution < 1.29 is 43.7 Å². The van der Waals surface area contributed by atoms with E-state index in [0.29, 0.717) is 36.7 Å². The highest BCUT2D eigenvalue weighted by Crippen LogP contribution is 2.38. The number of hydrogen-bond donors (Lipinski definition) is 0. The number of nitrogens with zero attached hydrogens (tertiary/aromatic N) is 14. The van der Waals surface area contributed by atoms with Gasteiger partial charge in [0.15, 0.2) is 29.8 Å². The van der Waals surface area contributed by atoms with Crippen molar-refractivity contribution in [1.82, 2.24) is 69.8 Å². The van der Waals surface area contributed by atoms with Gasteiger partial charge in [0.2, 0.25) is 0 Å². The van der Waals surface area contributed by atoms with Gasteiger partial charge in [-0.05, 0) is 128 Å².